The zero-order chi connectivity index (χ0) is 18.9. The van der Waals surface area contributed by atoms with Gasteiger partial charge in [-0.3, -0.25) is 14.9 Å². The summed E-state index contributed by atoms with van der Waals surface area (Å²) in [5, 5.41) is 10.2. The van der Waals surface area contributed by atoms with Crippen molar-refractivity contribution in [1.82, 2.24) is 25.0 Å². The van der Waals surface area contributed by atoms with Gasteiger partial charge in [0.2, 0.25) is 17.8 Å². The molecule has 0 aliphatic carbocycles. The average Bonchev–Trinajstić information content (AvgIpc) is 3.11. The van der Waals surface area contributed by atoms with Crippen molar-refractivity contribution in [2.45, 2.75) is 31.4 Å². The maximum Gasteiger partial charge on any atom is 0.406 e. The molecule has 2 saturated heterocycles. The number of likely N-dealkylation sites (tertiary alicyclic amines) is 1. The maximum atomic E-state index is 12.5. The molecule has 2 amide bonds. The molecule has 1 aromatic rings. The van der Waals surface area contributed by atoms with Gasteiger partial charge in [0.15, 0.2) is 5.82 Å². The number of rotatable bonds is 4. The first-order valence-electron chi connectivity index (χ1n) is 8.50. The Morgan fingerprint density at radius 3 is 2.63 bits per heavy atom. The predicted octanol–water partition coefficient (Wildman–Crippen LogP) is 1.05. The molecule has 0 radical (unpaired) electrons. The first kappa shape index (κ1) is 21.4. The minimum atomic E-state index is -4.48. The van der Waals surface area contributed by atoms with Crippen LogP contribution in [0.5, 0.6) is 0 Å². The molecule has 0 aromatic carbocycles. The van der Waals surface area contributed by atoms with Crippen LogP contribution in [-0.4, -0.2) is 63.8 Å². The zero-order valence-corrected chi connectivity index (χ0v) is 15.6. The van der Waals surface area contributed by atoms with Gasteiger partial charge in [-0.1, -0.05) is 0 Å². The van der Waals surface area contributed by atoms with Crippen LogP contribution in [0.1, 0.15) is 31.0 Å². The molecule has 3 rings (SSSR count). The van der Waals surface area contributed by atoms with Gasteiger partial charge in [-0.25, -0.2) is 4.68 Å². The summed E-state index contributed by atoms with van der Waals surface area (Å²) in [5.74, 6) is -0.922. The quantitative estimate of drug-likeness (QED) is 0.774. The van der Waals surface area contributed by atoms with Crippen LogP contribution >= 0.6 is 12.4 Å². The third kappa shape index (κ3) is 5.32. The Kier molecular flexibility index (Phi) is 6.68. The lowest BCUT2D eigenvalue weighted by Crippen LogP contribution is -2.36. The van der Waals surface area contributed by atoms with Crippen molar-refractivity contribution in [3.8, 4) is 0 Å². The summed E-state index contributed by atoms with van der Waals surface area (Å²) in [5.41, 5.74) is 0. The van der Waals surface area contributed by atoms with Crippen LogP contribution in [0.2, 0.25) is 0 Å². The van der Waals surface area contributed by atoms with E-state index in [1.54, 1.807) is 7.05 Å². The molecular formula is C15H22ClF3N6O2. The fourth-order valence-corrected chi connectivity index (χ4v) is 3.30. The molecule has 27 heavy (non-hydrogen) atoms. The average molecular weight is 411 g/mol. The highest BCUT2D eigenvalue weighted by Crippen LogP contribution is 2.26. The second-order valence-corrected chi connectivity index (χ2v) is 6.72. The Morgan fingerprint density at radius 2 is 2.00 bits per heavy atom. The molecule has 2 aliphatic rings. The van der Waals surface area contributed by atoms with Crippen LogP contribution in [0.4, 0.5) is 19.1 Å². The minimum Gasteiger partial charge on any atom is -0.333 e. The zero-order valence-electron chi connectivity index (χ0n) is 14.8. The number of aryl methyl sites for hydroxylation is 1. The Balaban J connectivity index is 0.00000261. The summed E-state index contributed by atoms with van der Waals surface area (Å²) >= 11 is 0. The van der Waals surface area contributed by atoms with Gasteiger partial charge in [0.1, 0.15) is 6.54 Å². The first-order valence-corrected chi connectivity index (χ1v) is 8.50. The number of carbonyl (C=O) groups excluding carboxylic acids is 2. The van der Waals surface area contributed by atoms with Crippen molar-refractivity contribution >= 4 is 30.2 Å². The molecular weight excluding hydrogens is 389 g/mol. The molecule has 2 N–H and O–H groups in total. The molecule has 12 heteroatoms. The summed E-state index contributed by atoms with van der Waals surface area (Å²) in [6.45, 7) is 0.177. The van der Waals surface area contributed by atoms with Crippen molar-refractivity contribution in [3.63, 3.8) is 0 Å². The summed E-state index contributed by atoms with van der Waals surface area (Å²) in [4.78, 5) is 29.1. The van der Waals surface area contributed by atoms with Crippen LogP contribution in [0.25, 0.3) is 0 Å². The van der Waals surface area contributed by atoms with Gasteiger partial charge in [-0.15, -0.1) is 12.4 Å². The molecule has 2 aliphatic heterocycles. The lowest BCUT2D eigenvalue weighted by atomic mass is 9.98. The van der Waals surface area contributed by atoms with Crippen molar-refractivity contribution in [1.29, 1.82) is 0 Å². The van der Waals surface area contributed by atoms with Crippen LogP contribution in [0, 0.1) is 5.92 Å². The molecule has 1 atom stereocenters. The second-order valence-electron chi connectivity index (χ2n) is 6.72. The van der Waals surface area contributed by atoms with Gasteiger partial charge >= 0.3 is 6.18 Å². The van der Waals surface area contributed by atoms with Crippen LogP contribution in [0.3, 0.4) is 0 Å². The van der Waals surface area contributed by atoms with Gasteiger partial charge in [0.05, 0.1) is 5.92 Å². The lowest BCUT2D eigenvalue weighted by Gasteiger charge is -2.19. The number of amides is 2. The van der Waals surface area contributed by atoms with Crippen LogP contribution < -0.4 is 10.6 Å². The van der Waals surface area contributed by atoms with Gasteiger partial charge in [0.25, 0.3) is 0 Å². The van der Waals surface area contributed by atoms with Gasteiger partial charge in [0, 0.05) is 25.9 Å². The van der Waals surface area contributed by atoms with Crippen molar-refractivity contribution in [2.24, 2.45) is 13.0 Å². The molecule has 1 aromatic heterocycles. The Hall–Kier alpha value is -1.88. The van der Waals surface area contributed by atoms with Gasteiger partial charge in [-0.2, -0.15) is 23.3 Å². The summed E-state index contributed by atoms with van der Waals surface area (Å²) in [6, 6.07) is 0. The smallest absolute Gasteiger partial charge is 0.333 e. The van der Waals surface area contributed by atoms with Crippen molar-refractivity contribution in [3.05, 3.63) is 5.82 Å². The molecule has 3 heterocycles. The number of hydrogen-bond acceptors (Lipinski definition) is 5. The van der Waals surface area contributed by atoms with E-state index < -0.39 is 30.5 Å². The number of hydrogen-bond donors (Lipinski definition) is 2. The van der Waals surface area contributed by atoms with Gasteiger partial charge < -0.3 is 10.2 Å². The largest absolute Gasteiger partial charge is 0.406 e. The van der Waals surface area contributed by atoms with Crippen molar-refractivity contribution in [2.75, 3.05) is 31.5 Å². The Labute approximate surface area is 160 Å². The number of nitrogens with zero attached hydrogens (tertiary/aromatic N) is 4. The maximum absolute atomic E-state index is 12.5. The van der Waals surface area contributed by atoms with Crippen LogP contribution in [-0.2, 0) is 16.6 Å². The van der Waals surface area contributed by atoms with E-state index >= 15 is 0 Å². The molecule has 1 unspecified atom stereocenters. The second kappa shape index (κ2) is 8.42. The number of piperidine rings is 1. The number of anilines is 1. The normalized spacial score (nSPS) is 21.3. The molecule has 0 spiro atoms. The summed E-state index contributed by atoms with van der Waals surface area (Å²) in [6.07, 6.45) is -2.91. The molecule has 2 fully saturated rings. The number of aromatic nitrogens is 3. The van der Waals surface area contributed by atoms with E-state index in [-0.39, 0.29) is 37.2 Å². The fraction of sp³-hybridized carbons (Fsp3) is 0.733. The number of halogens is 4. The topological polar surface area (TPSA) is 92.1 Å². The van der Waals surface area contributed by atoms with Crippen molar-refractivity contribution < 1.29 is 22.8 Å². The SMILES string of the molecule is Cl.Cn1nc(C2CCNCC2)nc1NC(=O)C1CC(=O)N(CC(F)(F)F)C1. The third-order valence-corrected chi connectivity index (χ3v) is 4.67. The Bertz CT molecular complexity index is 690. The minimum absolute atomic E-state index is 0. The van der Waals surface area contributed by atoms with Gasteiger partial charge in [-0.05, 0) is 25.9 Å². The standard InChI is InChI=1S/C15H21F3N6O2.ClH/c1-23-14(20-12(22-23)9-2-4-19-5-3-9)21-13(26)10-6-11(25)24(7-10)8-15(16,17)18;/h9-10,19H,2-8H2,1H3,(H,20,21,22,26);1H. The first-order chi connectivity index (χ1) is 12.2. The third-order valence-electron chi connectivity index (χ3n) is 4.67. The van der Waals surface area contributed by atoms with E-state index in [1.807, 2.05) is 0 Å². The predicted molar refractivity (Wildman–Crippen MR) is 92.5 cm³/mol. The molecule has 0 bridgehead atoms. The molecule has 0 saturated carbocycles. The highest BCUT2D eigenvalue weighted by atomic mass is 35.5. The van der Waals surface area contributed by atoms with E-state index in [1.165, 1.54) is 4.68 Å². The monoisotopic (exact) mass is 410 g/mol. The van der Waals surface area contributed by atoms with E-state index in [0.717, 1.165) is 25.9 Å². The van der Waals surface area contributed by atoms with E-state index in [2.05, 4.69) is 20.7 Å². The van der Waals surface area contributed by atoms with Crippen LogP contribution in [0.15, 0.2) is 0 Å². The molecule has 152 valence electrons. The number of alkyl halides is 3. The number of carbonyl (C=O) groups is 2. The highest BCUT2D eigenvalue weighted by Gasteiger charge is 2.40. The Morgan fingerprint density at radius 1 is 1.33 bits per heavy atom. The molecule has 8 nitrogen and oxygen atoms in total. The lowest BCUT2D eigenvalue weighted by molar-refractivity contribution is -0.157. The highest BCUT2D eigenvalue weighted by molar-refractivity contribution is 5.96. The van der Waals surface area contributed by atoms with E-state index in [0.29, 0.717) is 10.7 Å². The summed E-state index contributed by atoms with van der Waals surface area (Å²) in [7, 11) is 1.64. The fourth-order valence-electron chi connectivity index (χ4n) is 3.30. The number of nitrogens with one attached hydrogen (secondary N) is 2. The van der Waals surface area contributed by atoms with E-state index in [4.69, 9.17) is 0 Å². The van der Waals surface area contributed by atoms with E-state index in [9.17, 15) is 22.8 Å². The summed E-state index contributed by atoms with van der Waals surface area (Å²) < 4.78 is 38.8.